The summed E-state index contributed by atoms with van der Waals surface area (Å²) in [4.78, 5) is 32.5. The van der Waals surface area contributed by atoms with Crippen LogP contribution in [0.25, 0.3) is 22.0 Å². The minimum absolute atomic E-state index is 0.000526. The lowest BCUT2D eigenvalue weighted by atomic mass is 9.98. The Hall–Kier alpha value is -3.48. The second kappa shape index (κ2) is 9.12. The number of benzene rings is 1. The highest BCUT2D eigenvalue weighted by Crippen LogP contribution is 2.28. The molecule has 1 aromatic carbocycles. The molecule has 0 bridgehead atoms. The van der Waals surface area contributed by atoms with Crippen molar-refractivity contribution in [3.05, 3.63) is 48.3 Å². The van der Waals surface area contributed by atoms with Crippen LogP contribution in [0.5, 0.6) is 0 Å². The summed E-state index contributed by atoms with van der Waals surface area (Å²) in [5, 5.41) is 6.49. The van der Waals surface area contributed by atoms with Crippen molar-refractivity contribution in [3.63, 3.8) is 0 Å². The van der Waals surface area contributed by atoms with Gasteiger partial charge < -0.3 is 10.1 Å². The van der Waals surface area contributed by atoms with Gasteiger partial charge in [0.1, 0.15) is 11.9 Å². The Balaban J connectivity index is 1.53. The van der Waals surface area contributed by atoms with E-state index in [1.165, 1.54) is 13.3 Å². The van der Waals surface area contributed by atoms with E-state index in [-0.39, 0.29) is 12.0 Å². The van der Waals surface area contributed by atoms with Gasteiger partial charge in [0, 0.05) is 24.1 Å². The number of ether oxygens (including phenoxy) is 1. The Morgan fingerprint density at radius 1 is 1.00 bits per heavy atom. The van der Waals surface area contributed by atoms with Gasteiger partial charge in [0.15, 0.2) is 0 Å². The molecule has 0 atom stereocenters. The maximum Gasteiger partial charge on any atom is 0.411 e. The fraction of sp³-hybridized carbons (Fsp3) is 0.333. The number of carbonyl (C=O) groups excluding carboxylic acids is 2. The highest BCUT2D eigenvalue weighted by Gasteiger charge is 2.18. The molecule has 1 fully saturated rings. The van der Waals surface area contributed by atoms with Crippen LogP contribution < -0.4 is 10.6 Å². The zero-order chi connectivity index (χ0) is 21.8. The zero-order valence-corrected chi connectivity index (χ0v) is 17.8. The van der Waals surface area contributed by atoms with Crippen LogP contribution >= 0.6 is 0 Å². The number of aryl methyl sites for hydroxylation is 1. The summed E-state index contributed by atoms with van der Waals surface area (Å²) in [6, 6.07) is 11.5. The van der Waals surface area contributed by atoms with Gasteiger partial charge in [-0.2, -0.15) is 0 Å². The Labute approximate surface area is 181 Å². The quantitative estimate of drug-likeness (QED) is 0.588. The summed E-state index contributed by atoms with van der Waals surface area (Å²) in [5.74, 6) is 0.365. The van der Waals surface area contributed by atoms with Crippen LogP contribution in [0.3, 0.4) is 0 Å². The van der Waals surface area contributed by atoms with Gasteiger partial charge in [-0.05, 0) is 68.5 Å². The van der Waals surface area contributed by atoms with Crippen LogP contribution in [0, 0.1) is 6.92 Å². The van der Waals surface area contributed by atoms with Crippen LogP contribution in [0.15, 0.2) is 42.6 Å². The van der Waals surface area contributed by atoms with Crippen molar-refractivity contribution in [2.24, 2.45) is 0 Å². The molecule has 0 saturated heterocycles. The minimum atomic E-state index is -0.429. The van der Waals surface area contributed by atoms with E-state index in [9.17, 15) is 9.59 Å². The summed E-state index contributed by atoms with van der Waals surface area (Å²) in [5.41, 5.74) is 3.98. The van der Waals surface area contributed by atoms with Crippen LogP contribution in [0.2, 0.25) is 0 Å². The van der Waals surface area contributed by atoms with Crippen molar-refractivity contribution in [2.45, 2.75) is 52.1 Å². The van der Waals surface area contributed by atoms with Crippen molar-refractivity contribution in [1.82, 2.24) is 9.97 Å². The highest BCUT2D eigenvalue weighted by molar-refractivity contribution is 5.91. The van der Waals surface area contributed by atoms with Crippen LogP contribution in [-0.4, -0.2) is 28.1 Å². The average molecular weight is 418 g/mol. The monoisotopic (exact) mass is 418 g/mol. The molecule has 1 saturated carbocycles. The molecule has 2 N–H and O–H groups in total. The molecule has 1 aliphatic rings. The van der Waals surface area contributed by atoms with Crippen LogP contribution in [0.4, 0.5) is 16.3 Å². The molecule has 2 amide bonds. The van der Waals surface area contributed by atoms with Crippen molar-refractivity contribution in [1.29, 1.82) is 0 Å². The number of aromatic nitrogens is 2. The normalized spacial score (nSPS) is 14.3. The zero-order valence-electron chi connectivity index (χ0n) is 17.8. The molecule has 160 valence electrons. The first-order valence-electron chi connectivity index (χ1n) is 10.6. The summed E-state index contributed by atoms with van der Waals surface area (Å²) in [6.07, 6.45) is 6.64. The van der Waals surface area contributed by atoms with E-state index in [0.29, 0.717) is 11.5 Å². The number of hydrogen-bond acceptors (Lipinski definition) is 5. The molecule has 31 heavy (non-hydrogen) atoms. The molecule has 0 spiro atoms. The number of anilines is 2. The van der Waals surface area contributed by atoms with Crippen molar-refractivity contribution in [3.8, 4) is 11.1 Å². The van der Waals surface area contributed by atoms with Gasteiger partial charge in [-0.25, -0.2) is 9.78 Å². The van der Waals surface area contributed by atoms with E-state index < -0.39 is 6.09 Å². The Morgan fingerprint density at radius 3 is 2.58 bits per heavy atom. The molecule has 1 aliphatic carbocycles. The predicted molar refractivity (Wildman–Crippen MR) is 121 cm³/mol. The first kappa shape index (κ1) is 20.8. The molecule has 7 heteroatoms. The molecule has 2 aromatic heterocycles. The lowest BCUT2D eigenvalue weighted by Crippen LogP contribution is -2.24. The van der Waals surface area contributed by atoms with Gasteiger partial charge >= 0.3 is 6.09 Å². The predicted octanol–water partition coefficient (Wildman–Crippen LogP) is 5.44. The largest absolute Gasteiger partial charge is 0.446 e. The number of rotatable bonds is 4. The number of amides is 2. The van der Waals surface area contributed by atoms with Crippen molar-refractivity contribution >= 4 is 34.4 Å². The Bertz CT molecular complexity index is 1120. The van der Waals surface area contributed by atoms with Gasteiger partial charge in [0.2, 0.25) is 5.91 Å². The lowest BCUT2D eigenvalue weighted by Gasteiger charge is -2.22. The number of pyridine rings is 2. The smallest absolute Gasteiger partial charge is 0.411 e. The third kappa shape index (κ3) is 5.17. The Kier molecular flexibility index (Phi) is 6.11. The van der Waals surface area contributed by atoms with E-state index in [1.54, 1.807) is 12.3 Å². The third-order valence-corrected chi connectivity index (χ3v) is 5.48. The van der Waals surface area contributed by atoms with E-state index >= 15 is 0 Å². The SMILES string of the molecule is CC(=O)Nc1ccc2cc(-c3cnc(C)c(NC(=O)OC4CCCCC4)c3)ccc2n1. The van der Waals surface area contributed by atoms with Crippen LogP contribution in [0.1, 0.15) is 44.7 Å². The first-order chi connectivity index (χ1) is 15.0. The number of fused-ring (bicyclic) bond motifs is 1. The van der Waals surface area contributed by atoms with E-state index in [2.05, 4.69) is 20.6 Å². The maximum absolute atomic E-state index is 12.4. The second-order valence-electron chi connectivity index (χ2n) is 7.93. The fourth-order valence-electron chi connectivity index (χ4n) is 3.85. The van der Waals surface area contributed by atoms with E-state index in [1.807, 2.05) is 37.3 Å². The van der Waals surface area contributed by atoms with Gasteiger partial charge in [-0.15, -0.1) is 0 Å². The molecule has 7 nitrogen and oxygen atoms in total. The first-order valence-corrected chi connectivity index (χ1v) is 10.6. The second-order valence-corrected chi connectivity index (χ2v) is 7.93. The third-order valence-electron chi connectivity index (χ3n) is 5.48. The number of carbonyl (C=O) groups is 2. The molecule has 4 rings (SSSR count). The number of hydrogen-bond donors (Lipinski definition) is 2. The van der Waals surface area contributed by atoms with Crippen molar-refractivity contribution < 1.29 is 14.3 Å². The van der Waals surface area contributed by atoms with Gasteiger partial charge in [0.05, 0.1) is 16.9 Å². The summed E-state index contributed by atoms with van der Waals surface area (Å²) < 4.78 is 5.58. The topological polar surface area (TPSA) is 93.2 Å². The van der Waals surface area contributed by atoms with Gasteiger partial charge in [-0.3, -0.25) is 15.1 Å². The molecular weight excluding hydrogens is 392 g/mol. The molecule has 0 unspecified atom stereocenters. The maximum atomic E-state index is 12.4. The Morgan fingerprint density at radius 2 is 1.81 bits per heavy atom. The van der Waals surface area contributed by atoms with E-state index in [0.717, 1.165) is 53.4 Å². The average Bonchev–Trinajstić information content (AvgIpc) is 2.75. The molecule has 3 aromatic rings. The van der Waals surface area contributed by atoms with Crippen molar-refractivity contribution in [2.75, 3.05) is 10.6 Å². The fourth-order valence-corrected chi connectivity index (χ4v) is 3.85. The summed E-state index contributed by atoms with van der Waals surface area (Å²) in [7, 11) is 0. The van der Waals surface area contributed by atoms with E-state index in [4.69, 9.17) is 4.74 Å². The standard InChI is InChI=1S/C24H26N4O3/c1-15-22(28-24(30)31-20-6-4-3-5-7-20)13-19(14-25-15)17-8-10-21-18(12-17)9-11-23(27-21)26-16(2)29/h8-14,20H,3-7H2,1-2H3,(H,28,30)(H,26,27,29). The highest BCUT2D eigenvalue weighted by atomic mass is 16.6. The number of nitrogens with zero attached hydrogens (tertiary/aromatic N) is 2. The molecule has 0 radical (unpaired) electrons. The molecule has 2 heterocycles. The minimum Gasteiger partial charge on any atom is -0.446 e. The summed E-state index contributed by atoms with van der Waals surface area (Å²) >= 11 is 0. The number of nitrogens with one attached hydrogen (secondary N) is 2. The molecule has 0 aliphatic heterocycles. The van der Waals surface area contributed by atoms with Gasteiger partial charge in [-0.1, -0.05) is 12.5 Å². The van der Waals surface area contributed by atoms with Crippen LogP contribution in [-0.2, 0) is 9.53 Å². The summed E-state index contributed by atoms with van der Waals surface area (Å²) in [6.45, 7) is 3.31. The lowest BCUT2D eigenvalue weighted by molar-refractivity contribution is -0.114. The molecular formula is C24H26N4O3. The van der Waals surface area contributed by atoms with Gasteiger partial charge in [0.25, 0.3) is 0 Å².